The van der Waals surface area contributed by atoms with Crippen molar-refractivity contribution in [2.45, 2.75) is 5.41 Å². The molecule has 0 aliphatic heterocycles. The molecular formula is C51H36N2O2Zn. The minimum atomic E-state index is -0.581. The Balaban J connectivity index is 0.00000441. The Morgan fingerprint density at radius 1 is 0.375 bits per heavy atom. The van der Waals surface area contributed by atoms with Crippen molar-refractivity contribution in [3.63, 3.8) is 0 Å². The zero-order valence-electron chi connectivity index (χ0n) is 30.6. The van der Waals surface area contributed by atoms with Gasteiger partial charge in [-0.25, -0.2) is 0 Å². The SMILES string of the molecule is Oc1ccc(-c2ccccc2)cc1C=Nc1ccc(C2(c3ccc(N=Cc4cc(-c5ccccc5)ccc4O)cc3)c3ccccc3-c3ccccc32)cc1.[Zn]. The van der Waals surface area contributed by atoms with Crippen molar-refractivity contribution in [3.05, 3.63) is 228 Å². The molecule has 0 saturated carbocycles. The summed E-state index contributed by atoms with van der Waals surface area (Å²) in [6.45, 7) is 0. The molecule has 2 N–H and O–H groups in total. The largest absolute Gasteiger partial charge is 0.507 e. The molecule has 8 aromatic carbocycles. The fourth-order valence-corrected chi connectivity index (χ4v) is 7.84. The molecule has 5 heteroatoms. The zero-order valence-corrected chi connectivity index (χ0v) is 33.6. The van der Waals surface area contributed by atoms with Gasteiger partial charge in [-0.3, -0.25) is 9.98 Å². The van der Waals surface area contributed by atoms with E-state index in [1.165, 1.54) is 22.3 Å². The second kappa shape index (κ2) is 15.6. The summed E-state index contributed by atoms with van der Waals surface area (Å²) in [5.41, 5.74) is 13.6. The smallest absolute Gasteiger partial charge is 0.124 e. The molecule has 56 heavy (non-hydrogen) atoms. The Hall–Kier alpha value is -6.68. The summed E-state index contributed by atoms with van der Waals surface area (Å²) in [6, 6.07) is 65.6. The molecule has 0 amide bonds. The minimum absolute atomic E-state index is 0. The van der Waals surface area contributed by atoms with Gasteiger partial charge in [0.1, 0.15) is 11.5 Å². The van der Waals surface area contributed by atoms with E-state index in [1.807, 2.05) is 84.9 Å². The van der Waals surface area contributed by atoms with E-state index in [-0.39, 0.29) is 31.0 Å². The third-order valence-electron chi connectivity index (χ3n) is 10.5. The first-order chi connectivity index (χ1) is 27.1. The number of benzene rings is 8. The van der Waals surface area contributed by atoms with Crippen LogP contribution in [0.1, 0.15) is 33.4 Å². The molecule has 0 atom stereocenters. The van der Waals surface area contributed by atoms with Gasteiger partial charge in [-0.15, -0.1) is 0 Å². The van der Waals surface area contributed by atoms with Gasteiger partial charge in [-0.1, -0.05) is 146 Å². The predicted octanol–water partition coefficient (Wildman–Crippen LogP) is 12.3. The van der Waals surface area contributed by atoms with E-state index in [1.54, 1.807) is 24.6 Å². The van der Waals surface area contributed by atoms with Crippen LogP contribution >= 0.6 is 0 Å². The van der Waals surface area contributed by atoms with Crippen molar-refractivity contribution in [2.75, 3.05) is 0 Å². The van der Waals surface area contributed by atoms with Gasteiger partial charge in [0.05, 0.1) is 16.8 Å². The summed E-state index contributed by atoms with van der Waals surface area (Å²) < 4.78 is 0. The van der Waals surface area contributed by atoms with E-state index in [2.05, 4.69) is 97.1 Å². The zero-order chi connectivity index (χ0) is 37.2. The molecule has 264 valence electrons. The number of hydrogen-bond acceptors (Lipinski definition) is 4. The number of hydrogen-bond donors (Lipinski definition) is 2. The Kier molecular flexibility index (Phi) is 10.1. The topological polar surface area (TPSA) is 65.2 Å². The fraction of sp³-hybridized carbons (Fsp3) is 0.0196. The third-order valence-corrected chi connectivity index (χ3v) is 10.5. The Morgan fingerprint density at radius 2 is 0.750 bits per heavy atom. The van der Waals surface area contributed by atoms with Gasteiger partial charge in [0, 0.05) is 43.0 Å². The van der Waals surface area contributed by atoms with Crippen LogP contribution in [0.2, 0.25) is 0 Å². The van der Waals surface area contributed by atoms with E-state index in [9.17, 15) is 10.2 Å². The Labute approximate surface area is 339 Å². The predicted molar refractivity (Wildman–Crippen MR) is 225 cm³/mol. The summed E-state index contributed by atoms with van der Waals surface area (Å²) in [7, 11) is 0. The van der Waals surface area contributed by atoms with Crippen LogP contribution in [-0.4, -0.2) is 22.6 Å². The molecule has 0 unspecified atom stereocenters. The van der Waals surface area contributed by atoms with Crippen LogP contribution in [0.5, 0.6) is 11.5 Å². The average molecular weight is 774 g/mol. The number of nitrogens with zero attached hydrogens (tertiary/aromatic N) is 2. The summed E-state index contributed by atoms with van der Waals surface area (Å²) >= 11 is 0. The van der Waals surface area contributed by atoms with E-state index in [0.717, 1.165) is 44.8 Å². The Morgan fingerprint density at radius 3 is 1.16 bits per heavy atom. The van der Waals surface area contributed by atoms with Crippen molar-refractivity contribution >= 4 is 23.8 Å². The number of aromatic hydroxyl groups is 2. The molecule has 9 rings (SSSR count). The van der Waals surface area contributed by atoms with Crippen molar-refractivity contribution in [1.29, 1.82) is 0 Å². The fourth-order valence-electron chi connectivity index (χ4n) is 7.84. The summed E-state index contributed by atoms with van der Waals surface area (Å²) in [4.78, 5) is 9.58. The average Bonchev–Trinajstić information content (AvgIpc) is 3.55. The van der Waals surface area contributed by atoms with Crippen molar-refractivity contribution in [1.82, 2.24) is 0 Å². The van der Waals surface area contributed by atoms with Gasteiger partial charge >= 0.3 is 0 Å². The molecular weight excluding hydrogens is 738 g/mol. The summed E-state index contributed by atoms with van der Waals surface area (Å²) in [5, 5.41) is 21.3. The van der Waals surface area contributed by atoms with Crippen LogP contribution in [0, 0.1) is 0 Å². The van der Waals surface area contributed by atoms with E-state index in [0.29, 0.717) is 11.1 Å². The quantitative estimate of drug-likeness (QED) is 0.119. The maximum atomic E-state index is 10.7. The van der Waals surface area contributed by atoms with Crippen LogP contribution in [0.3, 0.4) is 0 Å². The monoisotopic (exact) mass is 772 g/mol. The molecule has 0 bridgehead atoms. The molecule has 0 fully saturated rings. The first-order valence-electron chi connectivity index (χ1n) is 18.3. The van der Waals surface area contributed by atoms with E-state index < -0.39 is 5.41 Å². The standard InChI is InChI=1S/C51H36N2O2.Zn/c54-49-29-19-37(35-11-3-1-4-12-35)31-39(49)33-52-43-25-21-41(22-26-43)51(47-17-9-7-15-45(47)46-16-8-10-18-48(46)51)42-23-27-44(28-24-42)53-34-40-32-38(20-30-50(40)55)36-13-5-2-6-14-36;/h1-34,54-55H;. The van der Waals surface area contributed by atoms with Crippen LogP contribution in [0.25, 0.3) is 33.4 Å². The van der Waals surface area contributed by atoms with E-state index >= 15 is 0 Å². The maximum absolute atomic E-state index is 10.7. The van der Waals surface area contributed by atoms with Crippen molar-refractivity contribution in [3.8, 4) is 44.9 Å². The van der Waals surface area contributed by atoms with Gasteiger partial charge in [0.15, 0.2) is 0 Å². The summed E-state index contributed by atoms with van der Waals surface area (Å²) in [6.07, 6.45) is 3.45. The number of fused-ring (bicyclic) bond motifs is 3. The second-order valence-corrected chi connectivity index (χ2v) is 13.7. The molecule has 0 radical (unpaired) electrons. The summed E-state index contributed by atoms with van der Waals surface area (Å²) in [5.74, 6) is 0.368. The molecule has 0 heterocycles. The number of aliphatic imine (C=N–C) groups is 2. The van der Waals surface area contributed by atoms with E-state index in [4.69, 9.17) is 9.98 Å². The van der Waals surface area contributed by atoms with Crippen LogP contribution in [-0.2, 0) is 24.9 Å². The van der Waals surface area contributed by atoms with Gasteiger partial charge in [0.2, 0.25) is 0 Å². The van der Waals surface area contributed by atoms with Crippen LogP contribution in [0.15, 0.2) is 204 Å². The van der Waals surface area contributed by atoms with Crippen LogP contribution < -0.4 is 0 Å². The van der Waals surface area contributed by atoms with Gasteiger partial charge in [-0.05, 0) is 104 Å². The molecule has 4 nitrogen and oxygen atoms in total. The first kappa shape index (κ1) is 36.3. The normalized spacial score (nSPS) is 12.6. The molecule has 1 aliphatic rings. The Bertz CT molecular complexity index is 2520. The molecule has 0 aromatic heterocycles. The maximum Gasteiger partial charge on any atom is 0.124 e. The van der Waals surface area contributed by atoms with Crippen molar-refractivity contribution < 1.29 is 29.7 Å². The molecule has 8 aromatic rings. The van der Waals surface area contributed by atoms with Gasteiger partial charge in [-0.2, -0.15) is 0 Å². The number of phenols is 2. The first-order valence-corrected chi connectivity index (χ1v) is 18.3. The second-order valence-electron chi connectivity index (χ2n) is 13.7. The van der Waals surface area contributed by atoms with Gasteiger partial charge in [0.25, 0.3) is 0 Å². The minimum Gasteiger partial charge on any atom is -0.507 e. The third kappa shape index (κ3) is 6.68. The molecule has 1 aliphatic carbocycles. The van der Waals surface area contributed by atoms with Crippen LogP contribution in [0.4, 0.5) is 11.4 Å². The number of phenolic OH excluding ortho intramolecular Hbond substituents is 2. The van der Waals surface area contributed by atoms with Gasteiger partial charge < -0.3 is 10.2 Å². The van der Waals surface area contributed by atoms with Crippen molar-refractivity contribution in [2.24, 2.45) is 9.98 Å². The molecule has 0 saturated heterocycles. The molecule has 0 spiro atoms. The number of rotatable bonds is 8.